The first-order chi connectivity index (χ1) is 9.90. The molecule has 2 heteroatoms. The molecule has 1 unspecified atom stereocenters. The third-order valence-corrected chi connectivity index (χ3v) is 3.82. The van der Waals surface area contributed by atoms with Crippen molar-refractivity contribution in [2.45, 2.75) is 51.5 Å². The van der Waals surface area contributed by atoms with Crippen LogP contribution in [0, 0.1) is 0 Å². The summed E-state index contributed by atoms with van der Waals surface area (Å²) < 4.78 is 5.96. The van der Waals surface area contributed by atoms with Gasteiger partial charge in [-0.05, 0) is 50.8 Å². The molecule has 20 heavy (non-hydrogen) atoms. The van der Waals surface area contributed by atoms with Crippen LogP contribution in [0.1, 0.15) is 45.4 Å². The zero-order valence-electron chi connectivity index (χ0n) is 12.6. The maximum atomic E-state index is 5.96. The van der Waals surface area contributed by atoms with Gasteiger partial charge >= 0.3 is 0 Å². The summed E-state index contributed by atoms with van der Waals surface area (Å²) in [5, 5.41) is 3.64. The average Bonchev–Trinajstić information content (AvgIpc) is 2.78. The smallest absolute Gasteiger partial charge is 0.119 e. The molecular formula is C18H27NO. The lowest BCUT2D eigenvalue weighted by atomic mass is 10.0. The molecule has 1 N–H and O–H groups in total. The quantitative estimate of drug-likeness (QED) is 0.747. The Labute approximate surface area is 123 Å². The first kappa shape index (κ1) is 15.1. The SMILES string of the molecule is CCCNC(COc1ccccc1)C1=CCCCCC1. The van der Waals surface area contributed by atoms with Gasteiger partial charge in [0.25, 0.3) is 0 Å². The van der Waals surface area contributed by atoms with Crippen molar-refractivity contribution in [2.24, 2.45) is 0 Å². The number of ether oxygens (including phenoxy) is 1. The number of hydrogen-bond acceptors (Lipinski definition) is 2. The zero-order chi connectivity index (χ0) is 14.0. The van der Waals surface area contributed by atoms with Gasteiger partial charge in [-0.1, -0.05) is 43.2 Å². The third-order valence-electron chi connectivity index (χ3n) is 3.82. The van der Waals surface area contributed by atoms with E-state index in [2.05, 4.69) is 18.3 Å². The molecule has 0 bridgehead atoms. The average molecular weight is 273 g/mol. The lowest BCUT2D eigenvalue weighted by Gasteiger charge is -2.22. The Morgan fingerprint density at radius 3 is 2.80 bits per heavy atom. The molecule has 1 aromatic carbocycles. The number of hydrogen-bond donors (Lipinski definition) is 1. The van der Waals surface area contributed by atoms with E-state index in [1.807, 2.05) is 30.3 Å². The molecule has 0 radical (unpaired) electrons. The number of benzene rings is 1. The summed E-state index contributed by atoms with van der Waals surface area (Å²) in [6, 6.07) is 10.5. The van der Waals surface area contributed by atoms with Crippen molar-refractivity contribution in [1.82, 2.24) is 5.32 Å². The lowest BCUT2D eigenvalue weighted by Crippen LogP contribution is -2.37. The monoisotopic (exact) mass is 273 g/mol. The topological polar surface area (TPSA) is 21.3 Å². The van der Waals surface area contributed by atoms with Gasteiger partial charge in [-0.25, -0.2) is 0 Å². The standard InChI is InChI=1S/C18H27NO/c1-2-14-19-18(16-10-6-3-4-7-11-16)15-20-17-12-8-5-9-13-17/h5,8-10,12-13,18-19H,2-4,6-7,11,14-15H2,1H3. The van der Waals surface area contributed by atoms with Gasteiger partial charge in [-0.15, -0.1) is 0 Å². The Bertz CT molecular complexity index is 399. The second-order valence-electron chi connectivity index (χ2n) is 5.51. The number of nitrogens with one attached hydrogen (secondary N) is 1. The molecule has 1 aliphatic rings. The third kappa shape index (κ3) is 5.01. The van der Waals surface area contributed by atoms with Gasteiger partial charge in [0, 0.05) is 0 Å². The minimum Gasteiger partial charge on any atom is -0.492 e. The highest BCUT2D eigenvalue weighted by atomic mass is 16.5. The van der Waals surface area contributed by atoms with Gasteiger partial charge in [0.1, 0.15) is 12.4 Å². The van der Waals surface area contributed by atoms with Crippen LogP contribution in [0.2, 0.25) is 0 Å². The fourth-order valence-electron chi connectivity index (χ4n) is 2.67. The summed E-state index contributed by atoms with van der Waals surface area (Å²) in [6.07, 6.45) is 10.1. The van der Waals surface area contributed by atoms with Gasteiger partial charge < -0.3 is 10.1 Å². The van der Waals surface area contributed by atoms with Crippen LogP contribution in [0.25, 0.3) is 0 Å². The van der Waals surface area contributed by atoms with Crippen LogP contribution in [-0.4, -0.2) is 19.2 Å². The summed E-state index contributed by atoms with van der Waals surface area (Å²) >= 11 is 0. The van der Waals surface area contributed by atoms with E-state index in [-0.39, 0.29) is 0 Å². The number of para-hydroxylation sites is 1. The highest BCUT2D eigenvalue weighted by molar-refractivity contribution is 5.21. The molecule has 2 nitrogen and oxygen atoms in total. The molecule has 0 fully saturated rings. The fraction of sp³-hybridized carbons (Fsp3) is 0.556. The maximum absolute atomic E-state index is 5.96. The second kappa shape index (κ2) is 8.80. The van der Waals surface area contributed by atoms with Crippen molar-refractivity contribution in [3.8, 4) is 5.75 Å². The van der Waals surface area contributed by atoms with Gasteiger partial charge in [0.15, 0.2) is 0 Å². The summed E-state index contributed by atoms with van der Waals surface area (Å²) in [5.74, 6) is 0.963. The van der Waals surface area contributed by atoms with Gasteiger partial charge in [0.2, 0.25) is 0 Å². The van der Waals surface area contributed by atoms with Crippen LogP contribution < -0.4 is 10.1 Å². The second-order valence-corrected chi connectivity index (χ2v) is 5.51. The molecular weight excluding hydrogens is 246 g/mol. The number of allylic oxidation sites excluding steroid dienone is 1. The molecule has 0 heterocycles. The van der Waals surface area contributed by atoms with Gasteiger partial charge in [0.05, 0.1) is 6.04 Å². The van der Waals surface area contributed by atoms with E-state index >= 15 is 0 Å². The van der Waals surface area contributed by atoms with Crippen LogP contribution in [0.3, 0.4) is 0 Å². The van der Waals surface area contributed by atoms with Crippen molar-refractivity contribution in [1.29, 1.82) is 0 Å². The van der Waals surface area contributed by atoms with Crippen LogP contribution in [0.5, 0.6) is 5.75 Å². The molecule has 0 aromatic heterocycles. The fourth-order valence-corrected chi connectivity index (χ4v) is 2.67. The van der Waals surface area contributed by atoms with Crippen LogP contribution >= 0.6 is 0 Å². The largest absolute Gasteiger partial charge is 0.492 e. The summed E-state index contributed by atoms with van der Waals surface area (Å²) in [6.45, 7) is 4.00. The molecule has 110 valence electrons. The number of rotatable bonds is 7. The molecule has 0 spiro atoms. The molecule has 0 saturated carbocycles. The molecule has 1 aliphatic carbocycles. The molecule has 0 aliphatic heterocycles. The first-order valence-corrected chi connectivity index (χ1v) is 8.00. The van der Waals surface area contributed by atoms with E-state index in [9.17, 15) is 0 Å². The van der Waals surface area contributed by atoms with E-state index in [4.69, 9.17) is 4.74 Å². The highest BCUT2D eigenvalue weighted by Crippen LogP contribution is 2.21. The van der Waals surface area contributed by atoms with Crippen molar-refractivity contribution in [3.63, 3.8) is 0 Å². The normalized spacial score (nSPS) is 17.1. The Morgan fingerprint density at radius 1 is 1.15 bits per heavy atom. The minimum atomic E-state index is 0.369. The van der Waals surface area contributed by atoms with E-state index in [0.717, 1.165) is 25.3 Å². The maximum Gasteiger partial charge on any atom is 0.119 e. The molecule has 1 aromatic rings. The minimum absolute atomic E-state index is 0.369. The summed E-state index contributed by atoms with van der Waals surface area (Å²) in [4.78, 5) is 0. The van der Waals surface area contributed by atoms with E-state index < -0.39 is 0 Å². The predicted molar refractivity (Wildman–Crippen MR) is 85.2 cm³/mol. The van der Waals surface area contributed by atoms with Crippen LogP contribution in [0.4, 0.5) is 0 Å². The van der Waals surface area contributed by atoms with Crippen molar-refractivity contribution in [3.05, 3.63) is 42.0 Å². The predicted octanol–water partition coefficient (Wildman–Crippen LogP) is 4.32. The Hall–Kier alpha value is -1.28. The van der Waals surface area contributed by atoms with Crippen LogP contribution in [-0.2, 0) is 0 Å². The molecule has 0 amide bonds. The van der Waals surface area contributed by atoms with Crippen LogP contribution in [0.15, 0.2) is 42.0 Å². The van der Waals surface area contributed by atoms with E-state index in [1.54, 1.807) is 5.57 Å². The Kier molecular flexibility index (Phi) is 6.65. The molecule has 0 saturated heterocycles. The summed E-state index contributed by atoms with van der Waals surface area (Å²) in [7, 11) is 0. The highest BCUT2D eigenvalue weighted by Gasteiger charge is 2.15. The van der Waals surface area contributed by atoms with E-state index in [0.29, 0.717) is 6.04 Å². The zero-order valence-corrected chi connectivity index (χ0v) is 12.6. The Morgan fingerprint density at radius 2 is 2.00 bits per heavy atom. The summed E-state index contributed by atoms with van der Waals surface area (Å²) in [5.41, 5.74) is 1.55. The van der Waals surface area contributed by atoms with E-state index in [1.165, 1.54) is 32.1 Å². The van der Waals surface area contributed by atoms with Crippen molar-refractivity contribution < 1.29 is 4.74 Å². The first-order valence-electron chi connectivity index (χ1n) is 8.00. The lowest BCUT2D eigenvalue weighted by molar-refractivity contribution is 0.278. The molecule has 1 atom stereocenters. The van der Waals surface area contributed by atoms with Gasteiger partial charge in [-0.3, -0.25) is 0 Å². The van der Waals surface area contributed by atoms with Crippen molar-refractivity contribution in [2.75, 3.05) is 13.2 Å². The van der Waals surface area contributed by atoms with Crippen molar-refractivity contribution >= 4 is 0 Å². The Balaban J connectivity index is 1.93. The van der Waals surface area contributed by atoms with Gasteiger partial charge in [-0.2, -0.15) is 0 Å². The molecule has 2 rings (SSSR count).